The second-order valence-electron chi connectivity index (χ2n) is 4.01. The van der Waals surface area contributed by atoms with Gasteiger partial charge in [-0.15, -0.1) is 16.7 Å². The fraction of sp³-hybridized carbons (Fsp3) is 0.600. The smallest absolute Gasteiger partial charge is 0.252 e. The van der Waals surface area contributed by atoms with E-state index in [-0.39, 0.29) is 11.8 Å². The second kappa shape index (κ2) is 4.33. The largest absolute Gasteiger partial charge is 0.279 e. The van der Waals surface area contributed by atoms with E-state index in [2.05, 4.69) is 15.2 Å². The van der Waals surface area contributed by atoms with Gasteiger partial charge in [0.25, 0.3) is 5.95 Å². The van der Waals surface area contributed by atoms with Crippen molar-refractivity contribution >= 4 is 23.5 Å². The first-order valence-corrected chi connectivity index (χ1v) is 5.69. The van der Waals surface area contributed by atoms with E-state index in [0.717, 1.165) is 11.4 Å². The van der Waals surface area contributed by atoms with E-state index in [1.54, 1.807) is 4.90 Å². The number of carbonyl (C=O) groups is 1. The molecule has 0 N–H and O–H groups in total. The average molecular weight is 241 g/mol. The van der Waals surface area contributed by atoms with Crippen molar-refractivity contribution in [2.75, 3.05) is 17.3 Å². The van der Waals surface area contributed by atoms with E-state index >= 15 is 0 Å². The molecule has 1 unspecified atom stereocenters. The molecule has 2 heterocycles. The van der Waals surface area contributed by atoms with E-state index in [1.165, 1.54) is 0 Å². The summed E-state index contributed by atoms with van der Waals surface area (Å²) >= 11 is 5.75. The Morgan fingerprint density at radius 2 is 2.12 bits per heavy atom. The number of hydrogen-bond acceptors (Lipinski definition) is 4. The number of aryl methyl sites for hydroxylation is 2. The monoisotopic (exact) mass is 240 g/mol. The maximum atomic E-state index is 11.7. The molecule has 0 radical (unpaired) electrons. The van der Waals surface area contributed by atoms with Crippen LogP contribution in [0.25, 0.3) is 0 Å². The van der Waals surface area contributed by atoms with Crippen LogP contribution >= 0.6 is 11.6 Å². The van der Waals surface area contributed by atoms with Crippen LogP contribution in [0.1, 0.15) is 17.8 Å². The molecular weight excluding hydrogens is 228 g/mol. The summed E-state index contributed by atoms with van der Waals surface area (Å²) in [5.41, 5.74) is 1.58. The van der Waals surface area contributed by atoms with Crippen molar-refractivity contribution in [2.45, 2.75) is 20.3 Å². The molecule has 0 spiro atoms. The molecule has 1 aromatic rings. The number of halogens is 1. The number of aromatic nitrogens is 3. The molecule has 0 bridgehead atoms. The molecule has 1 fully saturated rings. The summed E-state index contributed by atoms with van der Waals surface area (Å²) in [4.78, 5) is 17.5. The highest BCUT2D eigenvalue weighted by Gasteiger charge is 2.31. The summed E-state index contributed by atoms with van der Waals surface area (Å²) in [6, 6.07) is 0. The molecule has 0 saturated carbocycles. The number of nitrogens with zero attached hydrogens (tertiary/aromatic N) is 4. The van der Waals surface area contributed by atoms with Gasteiger partial charge in [-0.3, -0.25) is 9.69 Å². The highest BCUT2D eigenvalue weighted by Crippen LogP contribution is 2.22. The molecule has 1 aromatic heterocycles. The predicted molar refractivity (Wildman–Crippen MR) is 60.5 cm³/mol. The molecule has 16 heavy (non-hydrogen) atoms. The fourth-order valence-electron chi connectivity index (χ4n) is 1.64. The van der Waals surface area contributed by atoms with Crippen LogP contribution < -0.4 is 4.90 Å². The third-order valence-electron chi connectivity index (χ3n) is 2.75. The van der Waals surface area contributed by atoms with Crippen molar-refractivity contribution in [3.8, 4) is 0 Å². The van der Waals surface area contributed by atoms with Gasteiger partial charge in [-0.05, 0) is 19.8 Å². The zero-order chi connectivity index (χ0) is 11.7. The number of hydrogen-bond donors (Lipinski definition) is 0. The molecule has 1 amide bonds. The van der Waals surface area contributed by atoms with Crippen LogP contribution in [0.5, 0.6) is 0 Å². The fourth-order valence-corrected chi connectivity index (χ4v) is 1.84. The van der Waals surface area contributed by atoms with Crippen LogP contribution in [0.2, 0.25) is 0 Å². The van der Waals surface area contributed by atoms with E-state index in [1.807, 2.05) is 13.8 Å². The Kier molecular flexibility index (Phi) is 3.05. The van der Waals surface area contributed by atoms with Crippen molar-refractivity contribution < 1.29 is 4.79 Å². The van der Waals surface area contributed by atoms with Gasteiger partial charge >= 0.3 is 0 Å². The van der Waals surface area contributed by atoms with Crippen LogP contribution in [-0.2, 0) is 4.79 Å². The number of amides is 1. The number of carbonyl (C=O) groups excluding carboxylic acids is 1. The van der Waals surface area contributed by atoms with Gasteiger partial charge in [0, 0.05) is 18.8 Å². The molecule has 2 rings (SSSR count). The molecule has 1 atom stereocenters. The molecular formula is C10H13ClN4O. The zero-order valence-corrected chi connectivity index (χ0v) is 10.0. The topological polar surface area (TPSA) is 59.0 Å². The van der Waals surface area contributed by atoms with Gasteiger partial charge in [-0.2, -0.15) is 5.10 Å². The summed E-state index contributed by atoms with van der Waals surface area (Å²) in [6.45, 7) is 4.28. The molecule has 1 aliphatic heterocycles. The van der Waals surface area contributed by atoms with Gasteiger partial charge in [0.1, 0.15) is 0 Å². The molecule has 1 aliphatic rings. The van der Waals surface area contributed by atoms with Gasteiger partial charge in [0.2, 0.25) is 5.91 Å². The van der Waals surface area contributed by atoms with E-state index in [0.29, 0.717) is 24.8 Å². The number of alkyl halides is 1. The van der Waals surface area contributed by atoms with E-state index < -0.39 is 0 Å². The molecule has 86 valence electrons. The molecule has 0 aromatic carbocycles. The maximum absolute atomic E-state index is 11.7. The molecule has 1 saturated heterocycles. The first-order valence-electron chi connectivity index (χ1n) is 5.16. The Balaban J connectivity index is 2.24. The second-order valence-corrected chi connectivity index (χ2v) is 4.32. The van der Waals surface area contributed by atoms with Crippen LogP contribution in [-0.4, -0.2) is 33.5 Å². The summed E-state index contributed by atoms with van der Waals surface area (Å²) in [5.74, 6) is 1.09. The Hall–Kier alpha value is -1.23. The Morgan fingerprint density at radius 1 is 1.38 bits per heavy atom. The Labute approximate surface area is 98.8 Å². The quantitative estimate of drug-likeness (QED) is 0.726. The van der Waals surface area contributed by atoms with Gasteiger partial charge in [0.05, 0.1) is 11.4 Å². The van der Waals surface area contributed by atoms with Crippen LogP contribution in [0.4, 0.5) is 5.95 Å². The lowest BCUT2D eigenvalue weighted by Crippen LogP contribution is -2.27. The van der Waals surface area contributed by atoms with Crippen molar-refractivity contribution in [1.29, 1.82) is 0 Å². The number of rotatable bonds is 2. The minimum Gasteiger partial charge on any atom is -0.279 e. The Bertz CT molecular complexity index is 423. The zero-order valence-electron chi connectivity index (χ0n) is 9.27. The summed E-state index contributed by atoms with van der Waals surface area (Å²) in [7, 11) is 0. The standard InChI is InChI=1S/C10H13ClN4O/c1-6-7(2)13-14-10(12-6)15-5-8(4-11)3-9(15)16/h8H,3-5H2,1-2H3. The first kappa shape index (κ1) is 11.3. The van der Waals surface area contributed by atoms with Crippen molar-refractivity contribution in [2.24, 2.45) is 5.92 Å². The lowest BCUT2D eigenvalue weighted by Gasteiger charge is -2.13. The van der Waals surface area contributed by atoms with Crippen LogP contribution in [0.3, 0.4) is 0 Å². The highest BCUT2D eigenvalue weighted by atomic mass is 35.5. The highest BCUT2D eigenvalue weighted by molar-refractivity contribution is 6.18. The van der Waals surface area contributed by atoms with Gasteiger partial charge in [-0.25, -0.2) is 4.98 Å². The minimum atomic E-state index is 0.0238. The first-order chi connectivity index (χ1) is 7.61. The van der Waals surface area contributed by atoms with Gasteiger partial charge in [-0.1, -0.05) is 0 Å². The summed E-state index contributed by atoms with van der Waals surface area (Å²) < 4.78 is 0. The number of anilines is 1. The normalized spacial score (nSPS) is 20.6. The van der Waals surface area contributed by atoms with Gasteiger partial charge in [0.15, 0.2) is 0 Å². The average Bonchev–Trinajstić information content (AvgIpc) is 2.64. The van der Waals surface area contributed by atoms with Crippen molar-refractivity contribution in [3.05, 3.63) is 11.4 Å². The molecule has 6 heteroatoms. The molecule has 0 aliphatic carbocycles. The maximum Gasteiger partial charge on any atom is 0.252 e. The molecule has 5 nitrogen and oxygen atoms in total. The summed E-state index contributed by atoms with van der Waals surface area (Å²) in [6.07, 6.45) is 0.472. The third kappa shape index (κ3) is 2.00. The van der Waals surface area contributed by atoms with E-state index in [4.69, 9.17) is 11.6 Å². The van der Waals surface area contributed by atoms with Crippen molar-refractivity contribution in [3.63, 3.8) is 0 Å². The SMILES string of the molecule is Cc1nnc(N2CC(CCl)CC2=O)nc1C. The van der Waals surface area contributed by atoms with Crippen molar-refractivity contribution in [1.82, 2.24) is 15.2 Å². The van der Waals surface area contributed by atoms with Crippen LogP contribution in [0.15, 0.2) is 0 Å². The third-order valence-corrected chi connectivity index (χ3v) is 3.18. The van der Waals surface area contributed by atoms with E-state index in [9.17, 15) is 4.79 Å². The Morgan fingerprint density at radius 3 is 2.69 bits per heavy atom. The predicted octanol–water partition coefficient (Wildman–Crippen LogP) is 1.08. The lowest BCUT2D eigenvalue weighted by molar-refractivity contribution is -0.117. The lowest BCUT2D eigenvalue weighted by atomic mass is 10.2. The van der Waals surface area contributed by atoms with Gasteiger partial charge < -0.3 is 0 Å². The summed E-state index contributed by atoms with van der Waals surface area (Å²) in [5, 5.41) is 7.91. The van der Waals surface area contributed by atoms with Crippen LogP contribution in [0, 0.1) is 19.8 Å². The minimum absolute atomic E-state index is 0.0238.